The minimum atomic E-state index is -2.50. The van der Waals surface area contributed by atoms with E-state index < -0.39 is 70.0 Å². The molecule has 0 radical (unpaired) electrons. The molecule has 2 unspecified atom stereocenters. The number of hydrogen-bond acceptors (Lipinski definition) is 9. The highest BCUT2D eigenvalue weighted by Gasteiger charge is 2.63. The van der Waals surface area contributed by atoms with Gasteiger partial charge in [0.2, 0.25) is 23.0 Å². The third-order valence-corrected chi connectivity index (χ3v) is 20.8. The van der Waals surface area contributed by atoms with Crippen molar-refractivity contribution in [2.24, 2.45) is 35.5 Å². The molecule has 2 aliphatic heterocycles. The van der Waals surface area contributed by atoms with Crippen molar-refractivity contribution >= 4 is 47.1 Å². The van der Waals surface area contributed by atoms with E-state index in [1.807, 2.05) is 98.2 Å². The van der Waals surface area contributed by atoms with E-state index in [1.54, 1.807) is 41.5 Å². The van der Waals surface area contributed by atoms with Crippen molar-refractivity contribution in [3.63, 3.8) is 0 Å². The number of nitrogens with zero attached hydrogens (tertiary/aromatic N) is 2. The number of esters is 2. The van der Waals surface area contributed by atoms with Gasteiger partial charge in [0.1, 0.15) is 11.8 Å². The summed E-state index contributed by atoms with van der Waals surface area (Å²) in [6.45, 7) is 19.1. The summed E-state index contributed by atoms with van der Waals surface area (Å²) in [5.74, 6) is -8.94. The van der Waals surface area contributed by atoms with Crippen LogP contribution in [0, 0.1) is 63.2 Å². The molecular formula is C76H100N2O11. The fraction of sp³-hybridized carbons (Fsp3) is 0.605. The molecule has 4 aliphatic carbocycles. The van der Waals surface area contributed by atoms with Gasteiger partial charge in [-0.3, -0.25) is 19.2 Å². The Morgan fingerprint density at radius 2 is 0.787 bits per heavy atom. The summed E-state index contributed by atoms with van der Waals surface area (Å²) in [6.07, 6.45) is 18.8. The van der Waals surface area contributed by atoms with Crippen molar-refractivity contribution in [3.05, 3.63) is 105 Å². The fourth-order valence-corrected chi connectivity index (χ4v) is 17.0. The first-order valence-electron chi connectivity index (χ1n) is 34.0. The quantitative estimate of drug-likeness (QED) is 0.0716. The second-order valence-electron chi connectivity index (χ2n) is 29.6. The van der Waals surface area contributed by atoms with Gasteiger partial charge in [-0.15, -0.1) is 0 Å². The maximum atomic E-state index is 16.7. The maximum Gasteiger partial charge on any atom is 0.341 e. The van der Waals surface area contributed by atoms with E-state index in [2.05, 4.69) is 0 Å². The van der Waals surface area contributed by atoms with Crippen LogP contribution in [0.15, 0.2) is 60.7 Å². The fourth-order valence-electron chi connectivity index (χ4n) is 17.0. The zero-order valence-electron chi connectivity index (χ0n) is 55.1. The first kappa shape index (κ1) is 65.8. The monoisotopic (exact) mass is 1220 g/mol. The summed E-state index contributed by atoms with van der Waals surface area (Å²) in [5, 5.41) is 25.2. The lowest BCUT2D eigenvalue weighted by atomic mass is 9.65. The van der Waals surface area contributed by atoms with Gasteiger partial charge in [0.05, 0.1) is 11.2 Å². The van der Waals surface area contributed by atoms with Gasteiger partial charge >= 0.3 is 23.9 Å². The molecule has 4 fully saturated rings. The average Bonchev–Trinajstić information content (AvgIpc) is 1.64. The van der Waals surface area contributed by atoms with Crippen LogP contribution in [-0.4, -0.2) is 70.2 Å². The average molecular weight is 1220 g/mol. The Bertz CT molecular complexity index is 3050. The number of carbonyl (C=O) groups excluding carboxylic acids is 4. The first-order valence-corrected chi connectivity index (χ1v) is 34.0. The highest BCUT2D eigenvalue weighted by molar-refractivity contribution is 6.03. The number of carboxylic acid groups (broad SMARTS) is 2. The highest BCUT2D eigenvalue weighted by atomic mass is 16.6. The Labute approximate surface area is 529 Å². The Morgan fingerprint density at radius 3 is 1.09 bits per heavy atom. The van der Waals surface area contributed by atoms with Crippen LogP contribution in [0.4, 0.5) is 11.4 Å². The topological polar surface area (TPSA) is 177 Å². The molecule has 4 aromatic carbocycles. The van der Waals surface area contributed by atoms with Crippen LogP contribution in [0.2, 0.25) is 0 Å². The van der Waals surface area contributed by atoms with Gasteiger partial charge in [0.15, 0.2) is 0 Å². The van der Waals surface area contributed by atoms with Crippen molar-refractivity contribution < 1.29 is 53.2 Å². The van der Waals surface area contributed by atoms with Gasteiger partial charge in [0.25, 0.3) is 0 Å². The molecule has 89 heavy (non-hydrogen) atoms. The first-order chi connectivity index (χ1) is 42.3. The number of aliphatic carboxylic acids is 2. The second kappa shape index (κ2) is 27.0. The number of aryl methyl sites for hydroxylation is 4. The molecule has 0 spiro atoms. The Hall–Kier alpha value is -6.18. The number of rotatable bonds is 18. The van der Waals surface area contributed by atoms with Crippen LogP contribution in [0.25, 0.3) is 22.3 Å². The molecular weight excluding hydrogens is 1120 g/mol. The maximum absolute atomic E-state index is 16.7. The smallest absolute Gasteiger partial charge is 0.341 e. The number of carbonyl (C=O) groups is 6. The van der Waals surface area contributed by atoms with Crippen LogP contribution in [-0.2, 0) is 67.0 Å². The Kier molecular flexibility index (Phi) is 19.9. The molecule has 13 heteroatoms. The standard InChI is InChI=1S/C76H100N2O11/c1-47-31-35-53(36-32-47)63-57-39-41-77(61(79)45-51-23-15-11-16-24-51)59(57)43-49(3)65(63)75(71(83)84,88-73(5,6)7)67(55-27-19-13-20-28-55)69(81)87-70(82)68(56-29-21-14-22-30-56)76(72(85)86,89-74(8,9)10)66-50(4)44-60-58(64(66)54-37-33-48(2)34-38-54)40-42-78(60)62(80)46-52-25-17-12-18-26-52/h31-38,43-44,51-52,55-56,67-68H,11-30,39-42,45-46H2,1-10H3,(H,83,84)(H,85,86)/t67?,68?,75-,76-/m1/s1. The number of ether oxygens (including phenoxy) is 3. The number of anilines is 2. The predicted octanol–water partition coefficient (Wildman–Crippen LogP) is 16.3. The lowest BCUT2D eigenvalue weighted by Gasteiger charge is -2.47. The van der Waals surface area contributed by atoms with Gasteiger partial charge in [-0.2, -0.15) is 0 Å². The molecule has 0 saturated heterocycles. The number of carboxylic acids is 2. The van der Waals surface area contributed by atoms with Gasteiger partial charge < -0.3 is 34.2 Å². The van der Waals surface area contributed by atoms with Crippen molar-refractivity contribution in [2.45, 2.75) is 246 Å². The summed E-state index contributed by atoms with van der Waals surface area (Å²) in [6, 6.07) is 19.6. The molecule has 10 rings (SSSR count). The molecule has 4 atom stereocenters. The van der Waals surface area contributed by atoms with Gasteiger partial charge in [-0.05, 0) is 214 Å². The van der Waals surface area contributed by atoms with E-state index in [1.165, 1.54) is 12.8 Å². The largest absolute Gasteiger partial charge is 0.479 e. The van der Waals surface area contributed by atoms with Gasteiger partial charge in [0, 0.05) is 48.4 Å². The van der Waals surface area contributed by atoms with Crippen molar-refractivity contribution in [2.75, 3.05) is 22.9 Å². The Balaban J connectivity index is 1.17. The molecule has 4 saturated carbocycles. The molecule has 2 amide bonds. The molecule has 13 nitrogen and oxygen atoms in total. The number of hydrogen-bond donors (Lipinski definition) is 2. The van der Waals surface area contributed by atoms with Crippen LogP contribution >= 0.6 is 0 Å². The lowest BCUT2D eigenvalue weighted by Crippen LogP contribution is -2.58. The van der Waals surface area contributed by atoms with E-state index in [0.29, 0.717) is 135 Å². The van der Waals surface area contributed by atoms with E-state index in [0.717, 1.165) is 97.8 Å². The van der Waals surface area contributed by atoms with E-state index in [-0.39, 0.29) is 22.9 Å². The van der Waals surface area contributed by atoms with Crippen molar-refractivity contribution in [1.29, 1.82) is 0 Å². The van der Waals surface area contributed by atoms with Crippen LogP contribution < -0.4 is 9.80 Å². The minimum Gasteiger partial charge on any atom is -0.479 e. The number of benzene rings is 4. The molecule has 2 N–H and O–H groups in total. The predicted molar refractivity (Wildman–Crippen MR) is 349 cm³/mol. The van der Waals surface area contributed by atoms with Gasteiger partial charge in [-0.25, -0.2) is 9.59 Å². The third kappa shape index (κ3) is 13.6. The summed E-state index contributed by atoms with van der Waals surface area (Å²) >= 11 is 0. The third-order valence-electron chi connectivity index (χ3n) is 20.8. The number of fused-ring (bicyclic) bond motifs is 2. The van der Waals surface area contributed by atoms with E-state index in [4.69, 9.17) is 14.2 Å². The Morgan fingerprint density at radius 1 is 0.472 bits per heavy atom. The van der Waals surface area contributed by atoms with E-state index >= 15 is 19.2 Å². The van der Waals surface area contributed by atoms with Crippen molar-refractivity contribution in [1.82, 2.24) is 0 Å². The summed E-state index contributed by atoms with van der Waals surface area (Å²) in [7, 11) is 0. The molecule has 6 aliphatic rings. The molecule has 0 aromatic heterocycles. The van der Waals surface area contributed by atoms with Crippen LogP contribution in [0.5, 0.6) is 0 Å². The summed E-state index contributed by atoms with van der Waals surface area (Å²) < 4.78 is 21.2. The summed E-state index contributed by atoms with van der Waals surface area (Å²) in [5.41, 5.74) is 1.68. The van der Waals surface area contributed by atoms with Crippen LogP contribution in [0.1, 0.15) is 227 Å². The second-order valence-corrected chi connectivity index (χ2v) is 29.6. The molecule has 480 valence electrons. The van der Waals surface area contributed by atoms with Crippen LogP contribution in [0.3, 0.4) is 0 Å². The normalized spacial score (nSPS) is 20.2. The molecule has 0 bridgehead atoms. The van der Waals surface area contributed by atoms with Gasteiger partial charge in [-0.1, -0.05) is 137 Å². The minimum absolute atomic E-state index is 0.0404. The molecule has 4 aromatic rings. The van der Waals surface area contributed by atoms with Crippen molar-refractivity contribution in [3.8, 4) is 22.3 Å². The molecule has 2 heterocycles. The zero-order chi connectivity index (χ0) is 63.7. The zero-order valence-corrected chi connectivity index (χ0v) is 55.1. The highest BCUT2D eigenvalue weighted by Crippen LogP contribution is 2.56. The summed E-state index contributed by atoms with van der Waals surface area (Å²) in [4.78, 5) is 97.2. The van der Waals surface area contributed by atoms with E-state index in [9.17, 15) is 19.8 Å². The SMILES string of the molecule is Cc1ccc(-c2c3c(cc(C)c2[C@](OC(C)(C)C)(C(=O)O)C(C(=O)OC(=O)C(C2CCCCC2)[C@@](OC(C)(C)C)(C(=O)O)c2c(C)cc4c(c2-c2ccc(C)cc2)CCN4C(=O)CC2CCCCC2)C2CCCCC2)N(C(=O)CC2CCCCC2)CC3)cc1. The lowest BCUT2D eigenvalue weighted by molar-refractivity contribution is -0.223. The number of amides is 2.